The maximum atomic E-state index is 14.1. The Morgan fingerprint density at radius 1 is 1.03 bits per heavy atom. The predicted molar refractivity (Wildman–Crippen MR) is 134 cm³/mol. The lowest BCUT2D eigenvalue weighted by Crippen LogP contribution is -2.49. The molecule has 1 fully saturated rings. The molecule has 0 unspecified atom stereocenters. The third kappa shape index (κ3) is 5.13. The first-order valence-corrected chi connectivity index (χ1v) is 11.6. The molecular weight excluding hydrogens is 461 g/mol. The number of carbonyl (C=O) groups excluding carboxylic acids is 2. The van der Waals surface area contributed by atoms with Crippen LogP contribution in [0.5, 0.6) is 0 Å². The number of hydrogen-bond acceptors (Lipinski definition) is 5. The number of piperazine rings is 1. The molecule has 0 radical (unpaired) electrons. The molecular formula is C27H26FN5O3. The van der Waals surface area contributed by atoms with Crippen LogP contribution in [0.4, 0.5) is 15.8 Å². The number of pyridine rings is 1. The van der Waals surface area contributed by atoms with Gasteiger partial charge < -0.3 is 19.7 Å². The van der Waals surface area contributed by atoms with Gasteiger partial charge in [0, 0.05) is 43.1 Å². The molecule has 1 saturated heterocycles. The highest BCUT2D eigenvalue weighted by Crippen LogP contribution is 2.21. The number of amides is 2. The average molecular weight is 488 g/mol. The quantitative estimate of drug-likeness (QED) is 0.597. The number of aromatic nitrogens is 1. The van der Waals surface area contributed by atoms with Gasteiger partial charge in [-0.3, -0.25) is 14.4 Å². The molecule has 1 aliphatic rings. The second-order valence-corrected chi connectivity index (χ2v) is 8.70. The molecule has 0 bridgehead atoms. The van der Waals surface area contributed by atoms with Crippen LogP contribution in [0.25, 0.3) is 0 Å². The molecule has 4 rings (SSSR count). The first-order valence-electron chi connectivity index (χ1n) is 11.6. The van der Waals surface area contributed by atoms with E-state index in [1.54, 1.807) is 67.3 Å². The van der Waals surface area contributed by atoms with Crippen LogP contribution in [0, 0.1) is 31.0 Å². The summed E-state index contributed by atoms with van der Waals surface area (Å²) in [5.41, 5.74) is 2.19. The average Bonchev–Trinajstić information content (AvgIpc) is 2.87. The molecule has 1 N–H and O–H groups in total. The number of halogens is 1. The van der Waals surface area contributed by atoms with Gasteiger partial charge in [-0.25, -0.2) is 4.39 Å². The SMILES string of the molecule is Cc1cc(C)n(CC(=O)Nc2ccc(C(=O)N3CCN(c4ccccc4F)CC3)cc2)c(=O)c1C#N. The van der Waals surface area contributed by atoms with Crippen molar-refractivity contribution in [3.05, 3.63) is 93.2 Å². The normalized spacial score (nSPS) is 13.3. The molecule has 36 heavy (non-hydrogen) atoms. The number of nitrogens with zero attached hydrogens (tertiary/aromatic N) is 4. The van der Waals surface area contributed by atoms with Crippen molar-refractivity contribution in [3.63, 3.8) is 0 Å². The number of benzene rings is 2. The molecule has 1 aliphatic heterocycles. The summed E-state index contributed by atoms with van der Waals surface area (Å²) < 4.78 is 15.3. The lowest BCUT2D eigenvalue weighted by Gasteiger charge is -2.36. The van der Waals surface area contributed by atoms with E-state index < -0.39 is 11.5 Å². The van der Waals surface area contributed by atoms with Crippen molar-refractivity contribution in [1.82, 2.24) is 9.47 Å². The Kier molecular flexibility index (Phi) is 7.15. The van der Waals surface area contributed by atoms with Gasteiger partial charge in [0.2, 0.25) is 5.91 Å². The van der Waals surface area contributed by atoms with Crippen molar-refractivity contribution in [2.24, 2.45) is 0 Å². The first kappa shape index (κ1) is 24.7. The lowest BCUT2D eigenvalue weighted by molar-refractivity contribution is -0.116. The van der Waals surface area contributed by atoms with Crippen molar-refractivity contribution in [2.75, 3.05) is 36.4 Å². The van der Waals surface area contributed by atoms with Crippen LogP contribution in [-0.4, -0.2) is 47.5 Å². The van der Waals surface area contributed by atoms with E-state index in [-0.39, 0.29) is 23.8 Å². The topological polar surface area (TPSA) is 98.4 Å². The van der Waals surface area contributed by atoms with E-state index in [0.29, 0.717) is 54.4 Å². The molecule has 1 aromatic heterocycles. The predicted octanol–water partition coefficient (Wildman–Crippen LogP) is 3.08. The summed E-state index contributed by atoms with van der Waals surface area (Å²) in [5, 5.41) is 11.9. The molecule has 0 spiro atoms. The van der Waals surface area contributed by atoms with Gasteiger partial charge in [-0.15, -0.1) is 0 Å². The summed E-state index contributed by atoms with van der Waals surface area (Å²) in [6, 6.07) is 16.7. The third-order valence-corrected chi connectivity index (χ3v) is 6.29. The molecule has 184 valence electrons. The molecule has 0 aliphatic carbocycles. The van der Waals surface area contributed by atoms with Crippen LogP contribution in [0.1, 0.15) is 27.2 Å². The summed E-state index contributed by atoms with van der Waals surface area (Å²) >= 11 is 0. The van der Waals surface area contributed by atoms with Gasteiger partial charge in [0.1, 0.15) is 24.0 Å². The van der Waals surface area contributed by atoms with E-state index in [9.17, 15) is 24.0 Å². The fourth-order valence-electron chi connectivity index (χ4n) is 4.34. The van der Waals surface area contributed by atoms with Gasteiger partial charge in [0.25, 0.3) is 11.5 Å². The second kappa shape index (κ2) is 10.4. The molecule has 9 heteroatoms. The molecule has 8 nitrogen and oxygen atoms in total. The number of nitriles is 1. The highest BCUT2D eigenvalue weighted by Gasteiger charge is 2.23. The van der Waals surface area contributed by atoms with Crippen LogP contribution in [-0.2, 0) is 11.3 Å². The number of carbonyl (C=O) groups is 2. The largest absolute Gasteiger partial charge is 0.366 e. The van der Waals surface area contributed by atoms with E-state index in [2.05, 4.69) is 5.32 Å². The van der Waals surface area contributed by atoms with Crippen molar-refractivity contribution in [2.45, 2.75) is 20.4 Å². The van der Waals surface area contributed by atoms with Crippen LogP contribution in [0.3, 0.4) is 0 Å². The summed E-state index contributed by atoms with van der Waals surface area (Å²) in [5.74, 6) is -0.828. The third-order valence-electron chi connectivity index (χ3n) is 6.29. The number of hydrogen-bond donors (Lipinski definition) is 1. The Balaban J connectivity index is 1.36. The maximum Gasteiger partial charge on any atom is 0.269 e. The molecule has 0 atom stereocenters. The van der Waals surface area contributed by atoms with Crippen molar-refractivity contribution >= 4 is 23.2 Å². The van der Waals surface area contributed by atoms with E-state index in [1.165, 1.54) is 10.6 Å². The highest BCUT2D eigenvalue weighted by molar-refractivity contribution is 5.96. The molecule has 0 saturated carbocycles. The Morgan fingerprint density at radius 2 is 1.69 bits per heavy atom. The molecule has 2 heterocycles. The molecule has 3 aromatic rings. The first-order chi connectivity index (χ1) is 17.3. The zero-order chi connectivity index (χ0) is 25.8. The molecule has 2 amide bonds. The zero-order valence-corrected chi connectivity index (χ0v) is 20.1. The van der Waals surface area contributed by atoms with Crippen molar-refractivity contribution in [1.29, 1.82) is 5.26 Å². The maximum absolute atomic E-state index is 14.1. The Hall–Kier alpha value is -4.45. The Morgan fingerprint density at radius 3 is 2.33 bits per heavy atom. The zero-order valence-electron chi connectivity index (χ0n) is 20.1. The fraction of sp³-hybridized carbons (Fsp3) is 0.259. The smallest absolute Gasteiger partial charge is 0.269 e. The summed E-state index contributed by atoms with van der Waals surface area (Å²) in [4.78, 5) is 41.6. The number of rotatable bonds is 5. The number of anilines is 2. The van der Waals surface area contributed by atoms with Gasteiger partial charge in [-0.2, -0.15) is 5.26 Å². The number of aryl methyl sites for hydroxylation is 2. The van der Waals surface area contributed by atoms with Gasteiger partial charge >= 0.3 is 0 Å². The fourth-order valence-corrected chi connectivity index (χ4v) is 4.34. The van der Waals surface area contributed by atoms with Gasteiger partial charge in [-0.1, -0.05) is 12.1 Å². The number of para-hydroxylation sites is 1. The Bertz CT molecular complexity index is 1400. The minimum atomic E-state index is -0.499. The summed E-state index contributed by atoms with van der Waals surface area (Å²) in [6.07, 6.45) is 0. The van der Waals surface area contributed by atoms with Crippen LogP contribution >= 0.6 is 0 Å². The monoisotopic (exact) mass is 487 g/mol. The van der Waals surface area contributed by atoms with E-state index in [1.807, 2.05) is 11.0 Å². The van der Waals surface area contributed by atoms with E-state index >= 15 is 0 Å². The number of nitrogens with one attached hydrogen (secondary N) is 1. The standard InChI is InChI=1S/C27H26FN5O3/c1-18-15-19(2)33(27(36)22(18)16-29)17-25(34)30-21-9-7-20(8-10-21)26(35)32-13-11-31(12-14-32)24-6-4-3-5-23(24)28/h3-10,15H,11-14,17H2,1-2H3,(H,30,34). The van der Waals surface area contributed by atoms with E-state index in [4.69, 9.17) is 0 Å². The highest BCUT2D eigenvalue weighted by atomic mass is 19.1. The summed E-state index contributed by atoms with van der Waals surface area (Å²) in [7, 11) is 0. The van der Waals surface area contributed by atoms with Crippen molar-refractivity contribution < 1.29 is 14.0 Å². The van der Waals surface area contributed by atoms with Crippen molar-refractivity contribution in [3.8, 4) is 6.07 Å². The van der Waals surface area contributed by atoms with Gasteiger partial charge in [0.15, 0.2) is 0 Å². The Labute approximate surface area is 208 Å². The minimum absolute atomic E-state index is 0.0194. The van der Waals surface area contributed by atoms with Crippen LogP contribution < -0.4 is 15.8 Å². The molecule has 2 aromatic carbocycles. The summed E-state index contributed by atoms with van der Waals surface area (Å²) in [6.45, 7) is 5.18. The minimum Gasteiger partial charge on any atom is -0.366 e. The second-order valence-electron chi connectivity index (χ2n) is 8.70. The van der Waals surface area contributed by atoms with E-state index in [0.717, 1.165) is 0 Å². The van der Waals surface area contributed by atoms with Crippen LogP contribution in [0.15, 0.2) is 59.4 Å². The lowest BCUT2D eigenvalue weighted by atomic mass is 10.1. The van der Waals surface area contributed by atoms with Crippen LogP contribution in [0.2, 0.25) is 0 Å². The van der Waals surface area contributed by atoms with Gasteiger partial charge in [-0.05, 0) is 61.9 Å². The van der Waals surface area contributed by atoms with Gasteiger partial charge in [0.05, 0.1) is 5.69 Å².